The molecule has 1 aromatic carbocycles. The molecule has 2 rings (SSSR count). The first kappa shape index (κ1) is 15.6. The van der Waals surface area contributed by atoms with Crippen LogP contribution in [0.5, 0.6) is 0 Å². The SMILES string of the molecule is CCNC(C)c1cc(F)ccc1N1CCSC(CC)C1. The van der Waals surface area contributed by atoms with E-state index in [1.165, 1.54) is 12.1 Å². The minimum atomic E-state index is -0.146. The van der Waals surface area contributed by atoms with E-state index < -0.39 is 0 Å². The van der Waals surface area contributed by atoms with E-state index in [0.29, 0.717) is 5.25 Å². The lowest BCUT2D eigenvalue weighted by molar-refractivity contribution is 0.579. The number of hydrogen-bond acceptors (Lipinski definition) is 3. The molecule has 1 heterocycles. The van der Waals surface area contributed by atoms with Crippen LogP contribution in [-0.2, 0) is 0 Å². The van der Waals surface area contributed by atoms with Crippen molar-refractivity contribution in [3.8, 4) is 0 Å². The molecular weight excluding hydrogens is 271 g/mol. The number of halogens is 1. The fourth-order valence-electron chi connectivity index (χ4n) is 2.76. The zero-order chi connectivity index (χ0) is 14.5. The van der Waals surface area contributed by atoms with Crippen LogP contribution in [0.3, 0.4) is 0 Å². The minimum absolute atomic E-state index is 0.146. The molecule has 1 fully saturated rings. The lowest BCUT2D eigenvalue weighted by Crippen LogP contribution is -2.38. The molecule has 0 radical (unpaired) electrons. The third-order valence-electron chi connectivity index (χ3n) is 3.90. The highest BCUT2D eigenvalue weighted by Crippen LogP contribution is 2.31. The molecule has 2 atom stereocenters. The smallest absolute Gasteiger partial charge is 0.123 e. The number of thioether (sulfide) groups is 1. The molecule has 0 aromatic heterocycles. The Morgan fingerprint density at radius 2 is 2.25 bits per heavy atom. The quantitative estimate of drug-likeness (QED) is 0.889. The molecule has 0 amide bonds. The van der Waals surface area contributed by atoms with E-state index in [2.05, 4.69) is 42.7 Å². The molecule has 4 heteroatoms. The minimum Gasteiger partial charge on any atom is -0.369 e. The molecular formula is C16H25FN2S. The van der Waals surface area contributed by atoms with Crippen molar-refractivity contribution in [3.05, 3.63) is 29.6 Å². The zero-order valence-electron chi connectivity index (χ0n) is 12.7. The summed E-state index contributed by atoms with van der Waals surface area (Å²) < 4.78 is 13.6. The molecule has 1 aromatic rings. The summed E-state index contributed by atoms with van der Waals surface area (Å²) in [5.74, 6) is 1.01. The topological polar surface area (TPSA) is 15.3 Å². The van der Waals surface area contributed by atoms with Crippen molar-refractivity contribution >= 4 is 17.4 Å². The summed E-state index contributed by atoms with van der Waals surface area (Å²) in [5, 5.41) is 4.09. The Hall–Kier alpha value is -0.740. The van der Waals surface area contributed by atoms with Gasteiger partial charge in [0.2, 0.25) is 0 Å². The van der Waals surface area contributed by atoms with Crippen LogP contribution >= 0.6 is 11.8 Å². The van der Waals surface area contributed by atoms with Gasteiger partial charge in [-0.25, -0.2) is 4.39 Å². The Morgan fingerprint density at radius 3 is 2.95 bits per heavy atom. The summed E-state index contributed by atoms with van der Waals surface area (Å²) in [6.07, 6.45) is 1.19. The van der Waals surface area contributed by atoms with E-state index in [0.717, 1.165) is 31.0 Å². The van der Waals surface area contributed by atoms with Gasteiger partial charge in [-0.2, -0.15) is 11.8 Å². The second-order valence-electron chi connectivity index (χ2n) is 5.33. The van der Waals surface area contributed by atoms with Gasteiger partial charge in [-0.1, -0.05) is 13.8 Å². The van der Waals surface area contributed by atoms with Crippen molar-refractivity contribution in [2.24, 2.45) is 0 Å². The van der Waals surface area contributed by atoms with Crippen molar-refractivity contribution in [1.82, 2.24) is 5.32 Å². The monoisotopic (exact) mass is 296 g/mol. The number of anilines is 1. The summed E-state index contributed by atoms with van der Waals surface area (Å²) in [6.45, 7) is 9.45. The molecule has 1 saturated heterocycles. The van der Waals surface area contributed by atoms with E-state index in [9.17, 15) is 4.39 Å². The van der Waals surface area contributed by atoms with Crippen LogP contribution in [0.4, 0.5) is 10.1 Å². The summed E-state index contributed by atoms with van der Waals surface area (Å²) in [6, 6.07) is 5.40. The average molecular weight is 296 g/mol. The van der Waals surface area contributed by atoms with Gasteiger partial charge in [0.25, 0.3) is 0 Å². The van der Waals surface area contributed by atoms with Gasteiger partial charge in [0, 0.05) is 35.8 Å². The number of hydrogen-bond donors (Lipinski definition) is 1. The van der Waals surface area contributed by atoms with Crippen molar-refractivity contribution in [2.45, 2.75) is 38.5 Å². The van der Waals surface area contributed by atoms with Gasteiger partial charge in [0.1, 0.15) is 5.82 Å². The molecule has 2 unspecified atom stereocenters. The predicted molar refractivity (Wildman–Crippen MR) is 87.2 cm³/mol. The predicted octanol–water partition coefficient (Wildman–Crippen LogP) is 3.83. The maximum atomic E-state index is 13.6. The normalized spacial score (nSPS) is 21.0. The largest absolute Gasteiger partial charge is 0.369 e. The second kappa shape index (κ2) is 7.32. The van der Waals surface area contributed by atoms with Crippen molar-refractivity contribution in [3.63, 3.8) is 0 Å². The molecule has 1 aliphatic rings. The first-order valence-electron chi connectivity index (χ1n) is 7.55. The molecule has 0 bridgehead atoms. The van der Waals surface area contributed by atoms with Crippen LogP contribution < -0.4 is 10.2 Å². The molecule has 20 heavy (non-hydrogen) atoms. The molecule has 0 spiro atoms. The van der Waals surface area contributed by atoms with Crippen LogP contribution in [-0.4, -0.2) is 30.6 Å². The van der Waals surface area contributed by atoms with E-state index in [-0.39, 0.29) is 11.9 Å². The van der Waals surface area contributed by atoms with Crippen molar-refractivity contribution in [1.29, 1.82) is 0 Å². The lowest BCUT2D eigenvalue weighted by atomic mass is 10.0. The molecule has 0 aliphatic carbocycles. The standard InChI is InChI=1S/C16H25FN2S/c1-4-14-11-19(8-9-20-14)16-7-6-13(17)10-15(16)12(3)18-5-2/h6-7,10,12,14,18H,4-5,8-9,11H2,1-3H3. The second-order valence-corrected chi connectivity index (χ2v) is 6.74. The van der Waals surface area contributed by atoms with Crippen molar-refractivity contribution in [2.75, 3.05) is 30.3 Å². The van der Waals surface area contributed by atoms with E-state index >= 15 is 0 Å². The Labute approximate surface area is 126 Å². The summed E-state index contributed by atoms with van der Waals surface area (Å²) in [4.78, 5) is 2.42. The van der Waals surface area contributed by atoms with Gasteiger partial charge in [-0.05, 0) is 43.7 Å². The number of nitrogens with one attached hydrogen (secondary N) is 1. The molecule has 0 saturated carbocycles. The average Bonchev–Trinajstić information content (AvgIpc) is 2.47. The maximum absolute atomic E-state index is 13.6. The highest BCUT2D eigenvalue weighted by Gasteiger charge is 2.22. The Morgan fingerprint density at radius 1 is 1.45 bits per heavy atom. The highest BCUT2D eigenvalue weighted by molar-refractivity contribution is 8.00. The summed E-state index contributed by atoms with van der Waals surface area (Å²) in [5.41, 5.74) is 2.27. The van der Waals surface area contributed by atoms with E-state index in [1.54, 1.807) is 12.1 Å². The fourth-order valence-corrected chi connectivity index (χ4v) is 3.94. The molecule has 1 aliphatic heterocycles. The summed E-state index contributed by atoms with van der Waals surface area (Å²) >= 11 is 2.06. The van der Waals surface area contributed by atoms with E-state index in [1.807, 2.05) is 6.07 Å². The van der Waals surface area contributed by atoms with Gasteiger partial charge < -0.3 is 10.2 Å². The van der Waals surface area contributed by atoms with Gasteiger partial charge in [0.15, 0.2) is 0 Å². The number of rotatable bonds is 5. The Balaban J connectivity index is 2.25. The van der Waals surface area contributed by atoms with Crippen LogP contribution in [0.15, 0.2) is 18.2 Å². The molecule has 112 valence electrons. The maximum Gasteiger partial charge on any atom is 0.123 e. The lowest BCUT2D eigenvalue weighted by Gasteiger charge is -2.35. The number of benzene rings is 1. The zero-order valence-corrected chi connectivity index (χ0v) is 13.5. The molecule has 1 N–H and O–H groups in total. The first-order valence-corrected chi connectivity index (χ1v) is 8.60. The van der Waals surface area contributed by atoms with Gasteiger partial charge in [-0.15, -0.1) is 0 Å². The van der Waals surface area contributed by atoms with Gasteiger partial charge in [0.05, 0.1) is 0 Å². The van der Waals surface area contributed by atoms with Crippen LogP contribution in [0.25, 0.3) is 0 Å². The third-order valence-corrected chi connectivity index (χ3v) is 5.27. The third kappa shape index (κ3) is 3.67. The summed E-state index contributed by atoms with van der Waals surface area (Å²) in [7, 11) is 0. The van der Waals surface area contributed by atoms with Gasteiger partial charge in [-0.3, -0.25) is 0 Å². The van der Waals surface area contributed by atoms with Crippen LogP contribution in [0.1, 0.15) is 38.8 Å². The van der Waals surface area contributed by atoms with Crippen LogP contribution in [0.2, 0.25) is 0 Å². The van der Waals surface area contributed by atoms with Crippen LogP contribution in [0, 0.1) is 5.82 Å². The van der Waals surface area contributed by atoms with E-state index in [4.69, 9.17) is 0 Å². The Bertz CT molecular complexity index is 438. The van der Waals surface area contributed by atoms with Crippen molar-refractivity contribution < 1.29 is 4.39 Å². The molecule has 2 nitrogen and oxygen atoms in total. The van der Waals surface area contributed by atoms with Gasteiger partial charge >= 0.3 is 0 Å². The first-order chi connectivity index (χ1) is 9.65. The highest BCUT2D eigenvalue weighted by atomic mass is 32.2. The number of nitrogens with zero attached hydrogens (tertiary/aromatic N) is 1. The fraction of sp³-hybridized carbons (Fsp3) is 0.625. The Kier molecular flexibility index (Phi) is 5.73.